The number of nitrogens with zero attached hydrogens (tertiary/aromatic N) is 1. The second-order valence-corrected chi connectivity index (χ2v) is 18.5. The normalized spacial score (nSPS) is 13.6. The molecule has 2 atom stereocenters. The molecule has 0 radical (unpaired) electrons. The maximum Gasteiger partial charge on any atom is 0.306 e. The molecule has 0 rings (SSSR count). The van der Waals surface area contributed by atoms with Crippen molar-refractivity contribution >= 4 is 19.8 Å². The van der Waals surface area contributed by atoms with Crippen molar-refractivity contribution < 1.29 is 42.1 Å². The first-order valence-corrected chi connectivity index (χ1v) is 24.9. The van der Waals surface area contributed by atoms with Gasteiger partial charge >= 0.3 is 11.9 Å². The summed E-state index contributed by atoms with van der Waals surface area (Å²) in [6.07, 6.45) is 41.0. The van der Waals surface area contributed by atoms with Gasteiger partial charge in [-0.1, -0.05) is 187 Å². The lowest BCUT2D eigenvalue weighted by Gasteiger charge is -2.28. The fourth-order valence-electron chi connectivity index (χ4n) is 6.60. The van der Waals surface area contributed by atoms with E-state index in [0.29, 0.717) is 17.4 Å². The van der Waals surface area contributed by atoms with Crippen LogP contribution in [0.4, 0.5) is 0 Å². The molecule has 0 heterocycles. The summed E-state index contributed by atoms with van der Waals surface area (Å²) in [6.45, 7) is 4.23. The van der Waals surface area contributed by atoms with E-state index in [-0.39, 0.29) is 32.0 Å². The monoisotopic (exact) mass is 816 g/mol. The number of phosphoric ester groups is 1. The molecule has 1 unspecified atom stereocenters. The van der Waals surface area contributed by atoms with Gasteiger partial charge in [-0.3, -0.25) is 14.2 Å². The Balaban J connectivity index is 4.33. The molecule has 0 amide bonds. The molecule has 0 aliphatic rings. The molecule has 9 nitrogen and oxygen atoms in total. The van der Waals surface area contributed by atoms with Crippen LogP contribution < -0.4 is 4.89 Å². The molecule has 0 aliphatic carbocycles. The van der Waals surface area contributed by atoms with Gasteiger partial charge in [0.15, 0.2) is 6.10 Å². The smallest absolute Gasteiger partial charge is 0.306 e. The predicted octanol–water partition coefficient (Wildman–Crippen LogP) is 12.7. The van der Waals surface area contributed by atoms with E-state index in [9.17, 15) is 19.0 Å². The molecular formula is C46H90NO8P. The SMILES string of the molecule is CCCCCCCCCCCCCC/C=C\CCCC(=O)O[C@H](COC(=O)CCCCCCCCCCCCCCCCC)COP(=O)([O-])OCC[N+](C)(C)C. The van der Waals surface area contributed by atoms with E-state index in [0.717, 1.165) is 32.1 Å². The number of likely N-dealkylation sites (N-methyl/N-ethyl adjacent to an activating group) is 1. The van der Waals surface area contributed by atoms with Crippen LogP contribution in [-0.4, -0.2) is 70.0 Å². The van der Waals surface area contributed by atoms with E-state index in [4.69, 9.17) is 18.5 Å². The Morgan fingerprint density at radius 1 is 0.536 bits per heavy atom. The van der Waals surface area contributed by atoms with Crippen molar-refractivity contribution in [2.24, 2.45) is 0 Å². The number of hydrogen-bond donors (Lipinski definition) is 0. The zero-order valence-electron chi connectivity index (χ0n) is 37.3. The van der Waals surface area contributed by atoms with Gasteiger partial charge in [-0.2, -0.15) is 0 Å². The number of quaternary nitrogens is 1. The molecule has 0 bridgehead atoms. The zero-order chi connectivity index (χ0) is 41.4. The molecular weight excluding hydrogens is 725 g/mol. The van der Waals surface area contributed by atoms with Gasteiger partial charge in [0.2, 0.25) is 0 Å². The summed E-state index contributed by atoms with van der Waals surface area (Å²) in [5.41, 5.74) is 0. The number of phosphoric acid groups is 1. The quantitative estimate of drug-likeness (QED) is 0.0197. The second-order valence-electron chi connectivity index (χ2n) is 17.1. The van der Waals surface area contributed by atoms with E-state index in [2.05, 4.69) is 26.0 Å². The highest BCUT2D eigenvalue weighted by atomic mass is 31.2. The molecule has 0 spiro atoms. The predicted molar refractivity (Wildman–Crippen MR) is 231 cm³/mol. The Kier molecular flexibility index (Phi) is 38.3. The Morgan fingerprint density at radius 2 is 0.929 bits per heavy atom. The lowest BCUT2D eigenvalue weighted by molar-refractivity contribution is -0.870. The number of carbonyl (C=O) groups excluding carboxylic acids is 2. The minimum atomic E-state index is -4.63. The molecule has 0 aromatic rings. The van der Waals surface area contributed by atoms with Crippen LogP contribution in [0.25, 0.3) is 0 Å². The van der Waals surface area contributed by atoms with Crippen LogP contribution in [0.2, 0.25) is 0 Å². The molecule has 0 aromatic carbocycles. The third kappa shape index (κ3) is 42.4. The summed E-state index contributed by atoms with van der Waals surface area (Å²) >= 11 is 0. The Hall–Kier alpha value is -1.25. The van der Waals surface area contributed by atoms with Gasteiger partial charge in [-0.15, -0.1) is 0 Å². The van der Waals surface area contributed by atoms with Crippen molar-refractivity contribution in [3.63, 3.8) is 0 Å². The van der Waals surface area contributed by atoms with Crippen molar-refractivity contribution in [2.45, 2.75) is 225 Å². The van der Waals surface area contributed by atoms with E-state index in [1.54, 1.807) is 0 Å². The molecule has 0 aliphatic heterocycles. The molecule has 0 saturated carbocycles. The number of hydrogen-bond acceptors (Lipinski definition) is 8. The molecule has 0 fully saturated rings. The van der Waals surface area contributed by atoms with Crippen molar-refractivity contribution in [1.82, 2.24) is 0 Å². The summed E-state index contributed by atoms with van der Waals surface area (Å²) in [5.74, 6) is -0.860. The summed E-state index contributed by atoms with van der Waals surface area (Å²) in [4.78, 5) is 37.5. The number of allylic oxidation sites excluding steroid dienone is 2. The minimum absolute atomic E-state index is 0.0319. The van der Waals surface area contributed by atoms with Gasteiger partial charge in [0.05, 0.1) is 27.7 Å². The van der Waals surface area contributed by atoms with Gasteiger partial charge in [0, 0.05) is 12.8 Å². The van der Waals surface area contributed by atoms with Crippen LogP contribution in [0, 0.1) is 0 Å². The summed E-state index contributed by atoms with van der Waals surface area (Å²) in [6, 6.07) is 0. The van der Waals surface area contributed by atoms with Crippen LogP contribution in [0.5, 0.6) is 0 Å². The highest BCUT2D eigenvalue weighted by molar-refractivity contribution is 7.45. The van der Waals surface area contributed by atoms with Crippen LogP contribution in [0.3, 0.4) is 0 Å². The average molecular weight is 816 g/mol. The first kappa shape index (κ1) is 54.8. The topological polar surface area (TPSA) is 111 Å². The van der Waals surface area contributed by atoms with Crippen LogP contribution in [-0.2, 0) is 32.7 Å². The number of ether oxygens (including phenoxy) is 2. The van der Waals surface area contributed by atoms with Gasteiger partial charge < -0.3 is 27.9 Å². The number of unbranched alkanes of at least 4 members (excludes halogenated alkanes) is 27. The number of rotatable bonds is 43. The van der Waals surface area contributed by atoms with Gasteiger partial charge in [-0.05, 0) is 32.1 Å². The van der Waals surface area contributed by atoms with E-state index < -0.39 is 26.5 Å². The molecule has 0 aromatic heterocycles. The molecule has 10 heteroatoms. The average Bonchev–Trinajstić information content (AvgIpc) is 3.15. The zero-order valence-corrected chi connectivity index (χ0v) is 38.2. The Labute approximate surface area is 346 Å². The first-order valence-electron chi connectivity index (χ1n) is 23.4. The summed E-state index contributed by atoms with van der Waals surface area (Å²) in [5, 5.41) is 0. The lowest BCUT2D eigenvalue weighted by atomic mass is 10.0. The summed E-state index contributed by atoms with van der Waals surface area (Å²) in [7, 11) is 1.16. The van der Waals surface area contributed by atoms with E-state index in [1.807, 2.05) is 21.1 Å². The summed E-state index contributed by atoms with van der Waals surface area (Å²) < 4.78 is 33.9. The maximum absolute atomic E-state index is 12.7. The van der Waals surface area contributed by atoms with E-state index >= 15 is 0 Å². The number of carbonyl (C=O) groups is 2. The fourth-order valence-corrected chi connectivity index (χ4v) is 7.33. The van der Waals surface area contributed by atoms with Gasteiger partial charge in [-0.25, -0.2) is 0 Å². The van der Waals surface area contributed by atoms with Crippen molar-refractivity contribution in [2.75, 3.05) is 47.5 Å². The molecule has 332 valence electrons. The minimum Gasteiger partial charge on any atom is -0.756 e. The molecule has 56 heavy (non-hydrogen) atoms. The lowest BCUT2D eigenvalue weighted by Crippen LogP contribution is -2.37. The van der Waals surface area contributed by atoms with Crippen molar-refractivity contribution in [3.8, 4) is 0 Å². The van der Waals surface area contributed by atoms with E-state index in [1.165, 1.54) is 154 Å². The Bertz CT molecular complexity index is 969. The third-order valence-electron chi connectivity index (χ3n) is 10.3. The Morgan fingerprint density at radius 3 is 1.38 bits per heavy atom. The fraction of sp³-hybridized carbons (Fsp3) is 0.913. The molecule has 0 N–H and O–H groups in total. The number of esters is 2. The van der Waals surface area contributed by atoms with Gasteiger partial charge in [0.1, 0.15) is 19.8 Å². The first-order chi connectivity index (χ1) is 27.0. The largest absolute Gasteiger partial charge is 0.756 e. The third-order valence-corrected chi connectivity index (χ3v) is 11.2. The van der Waals surface area contributed by atoms with Crippen molar-refractivity contribution in [3.05, 3.63) is 12.2 Å². The van der Waals surface area contributed by atoms with Crippen LogP contribution in [0.1, 0.15) is 219 Å². The highest BCUT2D eigenvalue weighted by Gasteiger charge is 2.21. The highest BCUT2D eigenvalue weighted by Crippen LogP contribution is 2.38. The second kappa shape index (κ2) is 39.2. The van der Waals surface area contributed by atoms with Crippen molar-refractivity contribution in [1.29, 1.82) is 0 Å². The van der Waals surface area contributed by atoms with Crippen LogP contribution in [0.15, 0.2) is 12.2 Å². The standard InChI is InChI=1S/C46H90NO8P/c1-6-8-10-12-14-16-18-20-22-23-25-27-29-31-33-35-37-39-46(49)55-44(43-54-56(50,51)53-41-40-47(3,4)5)42-52-45(48)38-36-34-32-30-28-26-24-21-19-17-15-13-11-9-7-2/h31,33,44H,6-30,32,34-43H2,1-5H3/b33-31-/t44-/m1/s1. The van der Waals surface area contributed by atoms with Gasteiger partial charge in [0.25, 0.3) is 7.82 Å². The molecule has 0 saturated heterocycles. The maximum atomic E-state index is 12.7. The van der Waals surface area contributed by atoms with Crippen LogP contribution >= 0.6 is 7.82 Å².